The number of nitrogens with zero attached hydrogens (tertiary/aromatic N) is 2. The van der Waals surface area contributed by atoms with Crippen molar-refractivity contribution in [3.05, 3.63) is 37.3 Å². The van der Waals surface area contributed by atoms with E-state index in [1.807, 2.05) is 0 Å². The normalized spacial score (nSPS) is 10.6. The van der Waals surface area contributed by atoms with E-state index in [2.05, 4.69) is 25.9 Å². The molecule has 7 nitrogen and oxygen atoms in total. The first kappa shape index (κ1) is 10.6. The molecule has 2 rings (SSSR count). The quantitative estimate of drug-likeness (QED) is 0.606. The van der Waals surface area contributed by atoms with E-state index in [0.717, 1.165) is 12.4 Å². The highest BCUT2D eigenvalue weighted by atomic mass is 79.9. The number of nitro groups is 1. The topological polar surface area (TPSA) is 109 Å². The summed E-state index contributed by atoms with van der Waals surface area (Å²) in [6.45, 7) is 0. The maximum absolute atomic E-state index is 11.5. The molecule has 1 aromatic heterocycles. The summed E-state index contributed by atoms with van der Waals surface area (Å²) in [7, 11) is 0. The van der Waals surface area contributed by atoms with Gasteiger partial charge in [-0.1, -0.05) is 0 Å². The Bertz CT molecular complexity index is 652. The molecule has 0 saturated heterocycles. The van der Waals surface area contributed by atoms with Crippen molar-refractivity contribution in [2.45, 2.75) is 0 Å². The van der Waals surface area contributed by atoms with Crippen LogP contribution in [0.3, 0.4) is 0 Å². The van der Waals surface area contributed by atoms with Crippen molar-refractivity contribution in [2.24, 2.45) is 0 Å². The molecule has 16 heavy (non-hydrogen) atoms. The lowest BCUT2D eigenvalue weighted by molar-refractivity contribution is -0.383. The first-order chi connectivity index (χ1) is 7.52. The van der Waals surface area contributed by atoms with Crippen molar-refractivity contribution in [3.63, 3.8) is 0 Å². The van der Waals surface area contributed by atoms with E-state index in [1.54, 1.807) is 0 Å². The first-order valence-electron chi connectivity index (χ1n) is 4.05. The first-order valence-corrected chi connectivity index (χ1v) is 4.85. The molecule has 0 unspecified atom stereocenters. The predicted molar refractivity (Wildman–Crippen MR) is 58.4 cm³/mol. The Kier molecular flexibility index (Phi) is 2.35. The van der Waals surface area contributed by atoms with Crippen LogP contribution < -0.4 is 5.56 Å². The van der Waals surface area contributed by atoms with E-state index in [4.69, 9.17) is 0 Å². The van der Waals surface area contributed by atoms with E-state index in [9.17, 15) is 20.0 Å². The number of aromatic hydroxyl groups is 1. The van der Waals surface area contributed by atoms with Gasteiger partial charge in [-0.2, -0.15) is 0 Å². The molecule has 2 aromatic rings. The van der Waals surface area contributed by atoms with Crippen LogP contribution in [0.15, 0.2) is 21.7 Å². The van der Waals surface area contributed by atoms with Crippen LogP contribution in [0.5, 0.6) is 5.75 Å². The smallest absolute Gasteiger partial charge is 0.298 e. The van der Waals surface area contributed by atoms with Gasteiger partial charge in [0.2, 0.25) is 0 Å². The molecular weight excluding hydrogens is 282 g/mol. The third-order valence-electron chi connectivity index (χ3n) is 2.00. The van der Waals surface area contributed by atoms with Gasteiger partial charge < -0.3 is 10.1 Å². The van der Waals surface area contributed by atoms with E-state index in [1.165, 1.54) is 0 Å². The molecule has 8 heteroatoms. The van der Waals surface area contributed by atoms with E-state index < -0.39 is 16.2 Å². The fourth-order valence-electron chi connectivity index (χ4n) is 1.37. The third-order valence-corrected chi connectivity index (χ3v) is 2.61. The highest BCUT2D eigenvalue weighted by Gasteiger charge is 2.23. The third kappa shape index (κ3) is 1.43. The Morgan fingerprint density at radius 2 is 2.25 bits per heavy atom. The monoisotopic (exact) mass is 285 g/mol. The second kappa shape index (κ2) is 3.56. The van der Waals surface area contributed by atoms with Gasteiger partial charge in [0, 0.05) is 6.07 Å². The Hall–Kier alpha value is -1.96. The molecular formula is C8H4BrN3O4. The minimum atomic E-state index is -0.706. The van der Waals surface area contributed by atoms with Crippen LogP contribution in [-0.4, -0.2) is 20.0 Å². The maximum atomic E-state index is 11.5. The number of hydrogen-bond donors (Lipinski definition) is 2. The fourth-order valence-corrected chi connectivity index (χ4v) is 1.93. The van der Waals surface area contributed by atoms with Gasteiger partial charge in [0.15, 0.2) is 0 Å². The second-order valence-electron chi connectivity index (χ2n) is 2.94. The number of aromatic amines is 1. The molecule has 0 fully saturated rings. The van der Waals surface area contributed by atoms with Gasteiger partial charge in [-0.25, -0.2) is 4.98 Å². The minimum Gasteiger partial charge on any atom is -0.506 e. The molecule has 0 saturated carbocycles. The van der Waals surface area contributed by atoms with Gasteiger partial charge in [-0.05, 0) is 15.9 Å². The average molecular weight is 286 g/mol. The van der Waals surface area contributed by atoms with E-state index in [-0.39, 0.29) is 21.1 Å². The summed E-state index contributed by atoms with van der Waals surface area (Å²) in [6, 6.07) is 1.13. The number of hydrogen-bond acceptors (Lipinski definition) is 5. The summed E-state index contributed by atoms with van der Waals surface area (Å²) in [4.78, 5) is 27.5. The van der Waals surface area contributed by atoms with Crippen LogP contribution in [0.2, 0.25) is 0 Å². The van der Waals surface area contributed by atoms with Gasteiger partial charge in [0.25, 0.3) is 11.2 Å². The fraction of sp³-hybridized carbons (Fsp3) is 0. The van der Waals surface area contributed by atoms with Crippen molar-refractivity contribution in [1.82, 2.24) is 9.97 Å². The number of fused-ring (bicyclic) bond motifs is 1. The van der Waals surface area contributed by atoms with Crippen LogP contribution >= 0.6 is 15.9 Å². The standard InChI is InChI=1S/C8H4BrN3O4/c9-3-1-4(13)6-5(7(3)12(15)16)8(14)11-2-10-6/h1-2,13H,(H,10,11,14). The van der Waals surface area contributed by atoms with E-state index in [0.29, 0.717) is 0 Å². The number of phenols is 1. The van der Waals surface area contributed by atoms with Crippen LogP contribution in [0.1, 0.15) is 0 Å². The number of H-pyrrole nitrogens is 1. The molecule has 0 atom stereocenters. The van der Waals surface area contributed by atoms with Gasteiger partial charge in [-0.3, -0.25) is 14.9 Å². The van der Waals surface area contributed by atoms with Crippen molar-refractivity contribution in [3.8, 4) is 5.75 Å². The van der Waals surface area contributed by atoms with Crippen LogP contribution in [-0.2, 0) is 0 Å². The summed E-state index contributed by atoms with van der Waals surface area (Å²) >= 11 is 2.92. The molecule has 1 aromatic carbocycles. The van der Waals surface area contributed by atoms with Crippen molar-refractivity contribution in [1.29, 1.82) is 0 Å². The molecule has 0 aliphatic carbocycles. The van der Waals surface area contributed by atoms with Crippen LogP contribution in [0.4, 0.5) is 5.69 Å². The lowest BCUT2D eigenvalue weighted by Crippen LogP contribution is -2.09. The van der Waals surface area contributed by atoms with Gasteiger partial charge in [0.05, 0.1) is 15.7 Å². The Labute approximate surface area is 96.0 Å². The molecule has 82 valence electrons. The Morgan fingerprint density at radius 3 is 2.88 bits per heavy atom. The molecule has 0 amide bonds. The zero-order chi connectivity index (χ0) is 11.9. The largest absolute Gasteiger partial charge is 0.506 e. The zero-order valence-electron chi connectivity index (χ0n) is 7.60. The number of nitrogens with one attached hydrogen (secondary N) is 1. The lowest BCUT2D eigenvalue weighted by Gasteiger charge is -2.02. The number of benzene rings is 1. The highest BCUT2D eigenvalue weighted by molar-refractivity contribution is 9.10. The van der Waals surface area contributed by atoms with Crippen LogP contribution in [0, 0.1) is 10.1 Å². The summed E-state index contributed by atoms with van der Waals surface area (Å²) in [6.07, 6.45) is 1.07. The number of phenolic OH excluding ortho intramolecular Hbond substituents is 1. The van der Waals surface area contributed by atoms with Crippen molar-refractivity contribution < 1.29 is 10.0 Å². The van der Waals surface area contributed by atoms with Gasteiger partial charge >= 0.3 is 0 Å². The van der Waals surface area contributed by atoms with Crippen molar-refractivity contribution in [2.75, 3.05) is 0 Å². The number of nitro benzene ring substituents is 1. The Balaban J connectivity index is 3.10. The second-order valence-corrected chi connectivity index (χ2v) is 3.79. The molecule has 0 spiro atoms. The van der Waals surface area contributed by atoms with Crippen molar-refractivity contribution >= 4 is 32.5 Å². The predicted octanol–water partition coefficient (Wildman–Crippen LogP) is 1.30. The summed E-state index contributed by atoms with van der Waals surface area (Å²) in [5, 5.41) is 20.1. The zero-order valence-corrected chi connectivity index (χ0v) is 9.19. The molecule has 0 aliphatic heterocycles. The summed E-state index contributed by atoms with van der Waals surface area (Å²) < 4.78 is 0.0287. The van der Waals surface area contributed by atoms with Gasteiger partial charge in [-0.15, -0.1) is 0 Å². The SMILES string of the molecule is O=c1[nH]cnc2c(O)cc(Br)c([N+](=O)[O-])c12. The Morgan fingerprint density at radius 1 is 1.56 bits per heavy atom. The molecule has 0 aliphatic rings. The number of aromatic nitrogens is 2. The molecule has 2 N–H and O–H groups in total. The summed E-state index contributed by atoms with van der Waals surface area (Å²) in [5.41, 5.74) is -1.19. The minimum absolute atomic E-state index is 0.0287. The lowest BCUT2D eigenvalue weighted by atomic mass is 10.2. The van der Waals surface area contributed by atoms with Gasteiger partial charge in [0.1, 0.15) is 16.7 Å². The highest BCUT2D eigenvalue weighted by Crippen LogP contribution is 2.35. The molecule has 0 radical (unpaired) electrons. The van der Waals surface area contributed by atoms with Crippen LogP contribution in [0.25, 0.3) is 10.9 Å². The maximum Gasteiger partial charge on any atom is 0.298 e. The number of halogens is 1. The number of rotatable bonds is 1. The van der Waals surface area contributed by atoms with E-state index >= 15 is 0 Å². The average Bonchev–Trinajstić information content (AvgIpc) is 2.19. The molecule has 0 bridgehead atoms. The molecule has 1 heterocycles. The summed E-state index contributed by atoms with van der Waals surface area (Å²) in [5.74, 6) is -0.293.